The fourth-order valence-electron chi connectivity index (χ4n) is 2.97. The van der Waals surface area contributed by atoms with Crippen LogP contribution in [0.25, 0.3) is 11.1 Å². The van der Waals surface area contributed by atoms with Crippen molar-refractivity contribution in [1.29, 1.82) is 0 Å². The van der Waals surface area contributed by atoms with Crippen molar-refractivity contribution in [3.05, 3.63) is 36.7 Å². The molecular formula is C18H21N3O4. The summed E-state index contributed by atoms with van der Waals surface area (Å²) in [6.45, 7) is 4.95. The van der Waals surface area contributed by atoms with Crippen molar-refractivity contribution in [1.82, 2.24) is 9.88 Å². The van der Waals surface area contributed by atoms with Gasteiger partial charge in [0.05, 0.1) is 0 Å². The Hall–Kier alpha value is -2.67. The molecule has 0 spiro atoms. The van der Waals surface area contributed by atoms with Crippen LogP contribution < -0.4 is 5.32 Å². The summed E-state index contributed by atoms with van der Waals surface area (Å²) in [6, 6.07) is 5.35. The zero-order valence-electron chi connectivity index (χ0n) is 14.2. The van der Waals surface area contributed by atoms with Gasteiger partial charge in [0.2, 0.25) is 17.7 Å². The van der Waals surface area contributed by atoms with Crippen LogP contribution in [0.4, 0.5) is 5.69 Å². The molecule has 25 heavy (non-hydrogen) atoms. The highest BCUT2D eigenvalue weighted by Crippen LogP contribution is 2.23. The lowest BCUT2D eigenvalue weighted by Gasteiger charge is -2.30. The van der Waals surface area contributed by atoms with E-state index in [4.69, 9.17) is 9.15 Å². The van der Waals surface area contributed by atoms with E-state index in [9.17, 15) is 9.59 Å². The summed E-state index contributed by atoms with van der Waals surface area (Å²) in [5, 5.41) is 2.93. The zero-order valence-corrected chi connectivity index (χ0v) is 14.2. The number of aromatic nitrogens is 1. The van der Waals surface area contributed by atoms with E-state index in [1.54, 1.807) is 30.2 Å². The molecule has 1 aromatic heterocycles. The number of rotatable bonds is 5. The summed E-state index contributed by atoms with van der Waals surface area (Å²) in [5.41, 5.74) is 2.01. The molecule has 3 rings (SSSR count). The number of amides is 2. The molecule has 132 valence electrons. The van der Waals surface area contributed by atoms with E-state index in [0.29, 0.717) is 55.2 Å². The number of nitrogens with zero attached hydrogens (tertiary/aromatic N) is 2. The van der Waals surface area contributed by atoms with Crippen molar-refractivity contribution in [2.24, 2.45) is 5.92 Å². The van der Waals surface area contributed by atoms with E-state index in [0.717, 1.165) is 0 Å². The highest BCUT2D eigenvalue weighted by Gasteiger charge is 2.26. The second-order valence-electron chi connectivity index (χ2n) is 6.02. The summed E-state index contributed by atoms with van der Waals surface area (Å²) in [7, 11) is 1.58. The van der Waals surface area contributed by atoms with Gasteiger partial charge in [-0.1, -0.05) is 6.58 Å². The summed E-state index contributed by atoms with van der Waals surface area (Å²) in [6.07, 6.45) is 2.61. The average molecular weight is 343 g/mol. The standard InChI is InChI=1S/C18H21N3O4/c1-3-17(22)21-8-6-12(7-9-21)18(23)19-13-4-5-15-14(10-13)20-16(25-15)11-24-2/h3-5,10,12H,1,6-9,11H2,2H3,(H,19,23). The van der Waals surface area contributed by atoms with Crippen LogP contribution in [0, 0.1) is 5.92 Å². The topological polar surface area (TPSA) is 84.7 Å². The number of anilines is 1. The van der Waals surface area contributed by atoms with E-state index < -0.39 is 0 Å². The molecule has 1 aliphatic rings. The molecule has 7 heteroatoms. The largest absolute Gasteiger partial charge is 0.438 e. The average Bonchev–Trinajstić information content (AvgIpc) is 3.03. The third-order valence-corrected chi connectivity index (χ3v) is 4.32. The van der Waals surface area contributed by atoms with Crippen molar-refractivity contribution in [3.63, 3.8) is 0 Å². The molecule has 2 amide bonds. The molecule has 1 N–H and O–H groups in total. The number of nitrogens with one attached hydrogen (secondary N) is 1. The Kier molecular flexibility index (Phi) is 5.14. The Labute approximate surface area is 145 Å². The van der Waals surface area contributed by atoms with Crippen molar-refractivity contribution < 1.29 is 18.7 Å². The highest BCUT2D eigenvalue weighted by molar-refractivity contribution is 5.94. The number of hydrogen-bond donors (Lipinski definition) is 1. The van der Waals surface area contributed by atoms with Crippen molar-refractivity contribution in [2.75, 3.05) is 25.5 Å². The molecule has 1 fully saturated rings. The summed E-state index contributed by atoms with van der Waals surface area (Å²) in [5.74, 6) is 0.277. The van der Waals surface area contributed by atoms with Gasteiger partial charge in [0.15, 0.2) is 5.58 Å². The van der Waals surface area contributed by atoms with Gasteiger partial charge in [-0.05, 0) is 37.1 Å². The van der Waals surface area contributed by atoms with Gasteiger partial charge in [-0.3, -0.25) is 9.59 Å². The maximum Gasteiger partial charge on any atom is 0.245 e. The van der Waals surface area contributed by atoms with Crippen LogP contribution >= 0.6 is 0 Å². The highest BCUT2D eigenvalue weighted by atomic mass is 16.5. The Morgan fingerprint density at radius 3 is 2.88 bits per heavy atom. The van der Waals surface area contributed by atoms with Gasteiger partial charge in [-0.15, -0.1) is 0 Å². The van der Waals surface area contributed by atoms with Gasteiger partial charge in [0.25, 0.3) is 0 Å². The zero-order chi connectivity index (χ0) is 17.8. The molecule has 1 aromatic carbocycles. The molecule has 0 unspecified atom stereocenters. The van der Waals surface area contributed by atoms with E-state index >= 15 is 0 Å². The summed E-state index contributed by atoms with van der Waals surface area (Å²) in [4.78, 5) is 30.1. The van der Waals surface area contributed by atoms with E-state index in [1.165, 1.54) is 6.08 Å². The smallest absolute Gasteiger partial charge is 0.245 e. The number of fused-ring (bicyclic) bond motifs is 1. The van der Waals surface area contributed by atoms with Crippen LogP contribution in [0.1, 0.15) is 18.7 Å². The Balaban J connectivity index is 1.62. The van der Waals surface area contributed by atoms with Gasteiger partial charge >= 0.3 is 0 Å². The second kappa shape index (κ2) is 7.48. The lowest BCUT2D eigenvalue weighted by Crippen LogP contribution is -2.40. The fraction of sp³-hybridized carbons (Fsp3) is 0.389. The first-order chi connectivity index (χ1) is 12.1. The SMILES string of the molecule is C=CC(=O)N1CCC(C(=O)Nc2ccc3oc(COC)nc3c2)CC1. The summed E-state index contributed by atoms with van der Waals surface area (Å²) >= 11 is 0. The van der Waals surface area contributed by atoms with Crippen molar-refractivity contribution in [2.45, 2.75) is 19.4 Å². The Morgan fingerprint density at radius 2 is 2.20 bits per heavy atom. The van der Waals surface area contributed by atoms with Gasteiger partial charge in [0.1, 0.15) is 12.1 Å². The number of ether oxygens (including phenoxy) is 1. The maximum atomic E-state index is 12.5. The number of carbonyl (C=O) groups excluding carboxylic acids is 2. The van der Waals surface area contributed by atoms with E-state index in [2.05, 4.69) is 16.9 Å². The number of carbonyl (C=O) groups is 2. The molecule has 1 aliphatic heterocycles. The molecule has 0 atom stereocenters. The molecule has 0 bridgehead atoms. The molecule has 1 saturated heterocycles. The minimum Gasteiger partial charge on any atom is -0.438 e. The van der Waals surface area contributed by atoms with Crippen molar-refractivity contribution >= 4 is 28.6 Å². The lowest BCUT2D eigenvalue weighted by molar-refractivity contribution is -0.130. The molecule has 0 radical (unpaired) electrons. The first-order valence-corrected chi connectivity index (χ1v) is 8.21. The number of oxazole rings is 1. The molecule has 2 heterocycles. The molecule has 2 aromatic rings. The third kappa shape index (κ3) is 3.88. The summed E-state index contributed by atoms with van der Waals surface area (Å²) < 4.78 is 10.5. The third-order valence-electron chi connectivity index (χ3n) is 4.32. The first kappa shape index (κ1) is 17.2. The van der Waals surface area contributed by atoms with Gasteiger partial charge < -0.3 is 19.4 Å². The number of piperidine rings is 1. The Bertz CT molecular complexity index is 791. The van der Waals surface area contributed by atoms with Crippen LogP contribution in [0.2, 0.25) is 0 Å². The Morgan fingerprint density at radius 1 is 1.44 bits per heavy atom. The first-order valence-electron chi connectivity index (χ1n) is 8.21. The van der Waals surface area contributed by atoms with Gasteiger partial charge in [-0.25, -0.2) is 4.98 Å². The van der Waals surface area contributed by atoms with Crippen LogP contribution in [0.5, 0.6) is 0 Å². The minimum absolute atomic E-state index is 0.0364. The predicted octanol–water partition coefficient (Wildman–Crippen LogP) is 2.34. The lowest BCUT2D eigenvalue weighted by atomic mass is 9.95. The van der Waals surface area contributed by atoms with Crippen molar-refractivity contribution in [3.8, 4) is 0 Å². The molecule has 7 nitrogen and oxygen atoms in total. The van der Waals surface area contributed by atoms with E-state index in [1.807, 2.05) is 0 Å². The fourth-order valence-corrected chi connectivity index (χ4v) is 2.97. The van der Waals surface area contributed by atoms with Crippen LogP contribution in [0.15, 0.2) is 35.3 Å². The maximum absolute atomic E-state index is 12.5. The monoisotopic (exact) mass is 343 g/mol. The second-order valence-corrected chi connectivity index (χ2v) is 6.02. The molecule has 0 saturated carbocycles. The van der Waals surface area contributed by atoms with Gasteiger partial charge in [0, 0.05) is 31.8 Å². The quantitative estimate of drug-likeness (QED) is 0.842. The predicted molar refractivity (Wildman–Crippen MR) is 92.9 cm³/mol. The van der Waals surface area contributed by atoms with Crippen LogP contribution in [-0.2, 0) is 20.9 Å². The molecular weight excluding hydrogens is 322 g/mol. The normalized spacial score (nSPS) is 15.3. The number of likely N-dealkylation sites (tertiary alicyclic amines) is 1. The van der Waals surface area contributed by atoms with E-state index in [-0.39, 0.29) is 17.7 Å². The van der Waals surface area contributed by atoms with Crippen LogP contribution in [0.3, 0.4) is 0 Å². The number of methoxy groups -OCH3 is 1. The number of benzene rings is 1. The van der Waals surface area contributed by atoms with Gasteiger partial charge in [-0.2, -0.15) is 0 Å². The number of hydrogen-bond acceptors (Lipinski definition) is 5. The minimum atomic E-state index is -0.106. The van der Waals surface area contributed by atoms with Crippen LogP contribution in [-0.4, -0.2) is 41.9 Å². The molecule has 0 aliphatic carbocycles.